The maximum absolute atomic E-state index is 12.7. The molecular weight excluding hydrogens is 476 g/mol. The first kappa shape index (κ1) is 23.3. The maximum Gasteiger partial charge on any atom is 0.347 e. The monoisotopic (exact) mass is 498 g/mol. The molecule has 0 radical (unpaired) electrons. The summed E-state index contributed by atoms with van der Waals surface area (Å²) in [7, 11) is 0. The molecule has 6 nitrogen and oxygen atoms in total. The minimum absolute atomic E-state index is 0.0912. The topological polar surface area (TPSA) is 71.1 Å². The molecule has 0 fully saturated rings. The Morgan fingerprint density at radius 3 is 2.34 bits per heavy atom. The normalized spacial score (nSPS) is 10.3. The zero-order chi connectivity index (χ0) is 22.8. The smallest absolute Gasteiger partial charge is 0.347 e. The number of hydrogen-bond acceptors (Lipinski definition) is 6. The fourth-order valence-corrected chi connectivity index (χ4v) is 3.10. The van der Waals surface area contributed by atoms with Crippen LogP contribution in [0.5, 0.6) is 17.2 Å². The molecule has 0 spiro atoms. The molecule has 0 atom stereocenters. The number of rotatable bonds is 10. The fraction of sp³-hybridized carbons (Fsp3) is 0.200. The summed E-state index contributed by atoms with van der Waals surface area (Å²) in [6, 6.07) is 20.7. The average molecular weight is 499 g/mol. The molecule has 0 aliphatic rings. The number of esters is 2. The molecule has 0 aromatic heterocycles. The summed E-state index contributed by atoms with van der Waals surface area (Å²) >= 11 is 3.36. The summed E-state index contributed by atoms with van der Waals surface area (Å²) < 4.78 is 22.6. The van der Waals surface area contributed by atoms with Crippen molar-refractivity contribution in [3.8, 4) is 17.2 Å². The van der Waals surface area contributed by atoms with Crippen molar-refractivity contribution in [1.29, 1.82) is 0 Å². The Balaban J connectivity index is 1.59. The average Bonchev–Trinajstić information content (AvgIpc) is 2.81. The Bertz CT molecular complexity index is 1050. The first-order valence-electron chi connectivity index (χ1n) is 10.2. The Morgan fingerprint density at radius 1 is 0.781 bits per heavy atom. The minimum atomic E-state index is -0.584. The molecule has 7 heteroatoms. The third-order valence-corrected chi connectivity index (χ3v) is 4.73. The van der Waals surface area contributed by atoms with Gasteiger partial charge in [-0.05, 0) is 55.0 Å². The molecule has 32 heavy (non-hydrogen) atoms. The van der Waals surface area contributed by atoms with Crippen molar-refractivity contribution in [2.75, 3.05) is 19.8 Å². The lowest BCUT2D eigenvalue weighted by Gasteiger charge is -2.12. The largest absolute Gasteiger partial charge is 0.493 e. The number of halogens is 1. The van der Waals surface area contributed by atoms with E-state index in [1.54, 1.807) is 36.4 Å². The molecule has 166 valence electrons. The van der Waals surface area contributed by atoms with Gasteiger partial charge in [0, 0.05) is 4.47 Å². The van der Waals surface area contributed by atoms with Crippen LogP contribution in [-0.2, 0) is 4.74 Å². The highest BCUT2D eigenvalue weighted by atomic mass is 79.9. The molecule has 0 aliphatic heterocycles. The van der Waals surface area contributed by atoms with Gasteiger partial charge in [-0.3, -0.25) is 0 Å². The lowest BCUT2D eigenvalue weighted by molar-refractivity contribution is 0.0449. The Morgan fingerprint density at radius 2 is 1.56 bits per heavy atom. The first-order chi connectivity index (χ1) is 15.6. The second-order valence-electron chi connectivity index (χ2n) is 6.70. The number of para-hydroxylation sites is 1. The van der Waals surface area contributed by atoms with Crippen LogP contribution in [0.25, 0.3) is 0 Å². The molecule has 0 unspecified atom stereocenters. The van der Waals surface area contributed by atoms with Crippen molar-refractivity contribution in [2.45, 2.75) is 13.3 Å². The van der Waals surface area contributed by atoms with Gasteiger partial charge in [0.25, 0.3) is 0 Å². The van der Waals surface area contributed by atoms with Gasteiger partial charge in [-0.2, -0.15) is 0 Å². The Labute approximate surface area is 195 Å². The van der Waals surface area contributed by atoms with Gasteiger partial charge in [-0.1, -0.05) is 47.1 Å². The van der Waals surface area contributed by atoms with Crippen molar-refractivity contribution in [3.63, 3.8) is 0 Å². The molecule has 3 aromatic rings. The molecule has 0 aliphatic carbocycles. The molecule has 0 saturated carbocycles. The summed E-state index contributed by atoms with van der Waals surface area (Å²) in [5, 5.41) is 0. The summed E-state index contributed by atoms with van der Waals surface area (Å²) in [4.78, 5) is 25.1. The van der Waals surface area contributed by atoms with Crippen LogP contribution >= 0.6 is 15.9 Å². The van der Waals surface area contributed by atoms with Crippen molar-refractivity contribution >= 4 is 27.9 Å². The van der Waals surface area contributed by atoms with E-state index in [0.717, 1.165) is 10.9 Å². The highest BCUT2D eigenvalue weighted by molar-refractivity contribution is 9.10. The molecule has 0 N–H and O–H groups in total. The quantitative estimate of drug-likeness (QED) is 0.203. The van der Waals surface area contributed by atoms with Gasteiger partial charge in [-0.25, -0.2) is 9.59 Å². The number of carbonyl (C=O) groups is 2. The lowest BCUT2D eigenvalue weighted by Crippen LogP contribution is -2.13. The van der Waals surface area contributed by atoms with Crippen LogP contribution in [-0.4, -0.2) is 31.8 Å². The van der Waals surface area contributed by atoms with Crippen LogP contribution in [0.3, 0.4) is 0 Å². The molecule has 3 rings (SSSR count). The SMILES string of the molecule is CCCOc1ccc(Br)cc1C(=O)Oc1cccc(C(=O)OCCOc2ccccc2)c1. The van der Waals surface area contributed by atoms with Crippen LogP contribution < -0.4 is 14.2 Å². The van der Waals surface area contributed by atoms with Gasteiger partial charge in [0.15, 0.2) is 0 Å². The van der Waals surface area contributed by atoms with Gasteiger partial charge in [0.2, 0.25) is 0 Å². The number of ether oxygens (including phenoxy) is 4. The Kier molecular flexibility index (Phi) is 8.69. The molecular formula is C25H23BrO6. The Hall–Kier alpha value is -3.32. The van der Waals surface area contributed by atoms with E-state index in [4.69, 9.17) is 18.9 Å². The molecule has 0 bridgehead atoms. The number of hydrogen-bond donors (Lipinski definition) is 0. The predicted octanol–water partition coefficient (Wildman–Crippen LogP) is 5.69. The van der Waals surface area contributed by atoms with E-state index in [0.29, 0.717) is 23.7 Å². The standard InChI is InChI=1S/C25H23BrO6/c1-2-13-30-23-12-11-19(26)17-22(23)25(28)32-21-10-6-7-18(16-21)24(27)31-15-14-29-20-8-4-3-5-9-20/h3-12,16-17H,2,13-15H2,1H3. The van der Waals surface area contributed by atoms with Gasteiger partial charge in [-0.15, -0.1) is 0 Å². The fourth-order valence-electron chi connectivity index (χ4n) is 2.74. The van der Waals surface area contributed by atoms with Gasteiger partial charge in [0.05, 0.1) is 12.2 Å². The van der Waals surface area contributed by atoms with Crippen molar-refractivity contribution in [1.82, 2.24) is 0 Å². The van der Waals surface area contributed by atoms with Crippen LogP contribution in [0.15, 0.2) is 77.3 Å². The van der Waals surface area contributed by atoms with Crippen LogP contribution in [0.1, 0.15) is 34.1 Å². The molecule has 3 aromatic carbocycles. The van der Waals surface area contributed by atoms with Crippen molar-refractivity contribution in [2.24, 2.45) is 0 Å². The van der Waals surface area contributed by atoms with Gasteiger partial charge < -0.3 is 18.9 Å². The summed E-state index contributed by atoms with van der Waals surface area (Å²) in [5.41, 5.74) is 0.561. The van der Waals surface area contributed by atoms with Crippen LogP contribution in [0.2, 0.25) is 0 Å². The third kappa shape index (κ3) is 6.85. The van der Waals surface area contributed by atoms with E-state index in [9.17, 15) is 9.59 Å². The molecule has 0 amide bonds. The van der Waals surface area contributed by atoms with Gasteiger partial charge in [0.1, 0.15) is 36.0 Å². The van der Waals surface area contributed by atoms with E-state index in [-0.39, 0.29) is 24.5 Å². The highest BCUT2D eigenvalue weighted by Gasteiger charge is 2.17. The zero-order valence-electron chi connectivity index (χ0n) is 17.6. The van der Waals surface area contributed by atoms with Crippen LogP contribution in [0, 0.1) is 0 Å². The summed E-state index contributed by atoms with van der Waals surface area (Å²) in [6.07, 6.45) is 0.811. The van der Waals surface area contributed by atoms with E-state index >= 15 is 0 Å². The zero-order valence-corrected chi connectivity index (χ0v) is 19.2. The summed E-state index contributed by atoms with van der Waals surface area (Å²) in [5.74, 6) is 0.251. The molecule has 0 heterocycles. The summed E-state index contributed by atoms with van der Waals surface area (Å²) in [6.45, 7) is 2.79. The lowest BCUT2D eigenvalue weighted by atomic mass is 10.2. The second kappa shape index (κ2) is 11.9. The number of carbonyl (C=O) groups excluding carboxylic acids is 2. The first-order valence-corrected chi connectivity index (χ1v) is 11.0. The van der Waals surface area contributed by atoms with Gasteiger partial charge >= 0.3 is 11.9 Å². The van der Waals surface area contributed by atoms with E-state index in [1.807, 2.05) is 37.3 Å². The minimum Gasteiger partial charge on any atom is -0.493 e. The third-order valence-electron chi connectivity index (χ3n) is 4.23. The van der Waals surface area contributed by atoms with Crippen LogP contribution in [0.4, 0.5) is 0 Å². The van der Waals surface area contributed by atoms with E-state index in [2.05, 4.69) is 15.9 Å². The van der Waals surface area contributed by atoms with E-state index in [1.165, 1.54) is 6.07 Å². The second-order valence-corrected chi connectivity index (χ2v) is 7.62. The van der Waals surface area contributed by atoms with Crippen molar-refractivity contribution < 1.29 is 28.5 Å². The predicted molar refractivity (Wildman–Crippen MR) is 124 cm³/mol. The maximum atomic E-state index is 12.7. The van der Waals surface area contributed by atoms with E-state index < -0.39 is 11.9 Å². The highest BCUT2D eigenvalue weighted by Crippen LogP contribution is 2.25. The van der Waals surface area contributed by atoms with Crippen molar-refractivity contribution in [3.05, 3.63) is 88.4 Å². The molecule has 0 saturated heterocycles. The number of benzene rings is 3.